The minimum atomic E-state index is -4.48. The van der Waals surface area contributed by atoms with E-state index in [-0.39, 0.29) is 40.0 Å². The van der Waals surface area contributed by atoms with Gasteiger partial charge in [0, 0.05) is 27.1 Å². The number of benzene rings is 3. The first-order valence-electron chi connectivity index (χ1n) is 12.4. The second-order valence-corrected chi connectivity index (χ2v) is 11.4. The number of nitrogens with one attached hydrogen (secondary N) is 1. The van der Waals surface area contributed by atoms with Gasteiger partial charge in [-0.05, 0) is 78.4 Å². The van der Waals surface area contributed by atoms with Gasteiger partial charge in [-0.1, -0.05) is 41.0 Å². The van der Waals surface area contributed by atoms with E-state index in [1.54, 1.807) is 31.2 Å². The lowest BCUT2D eigenvalue weighted by Gasteiger charge is -2.16. The number of amides is 1. The summed E-state index contributed by atoms with van der Waals surface area (Å²) in [7, 11) is 0. The van der Waals surface area contributed by atoms with Crippen LogP contribution in [0.4, 0.5) is 23.2 Å². The van der Waals surface area contributed by atoms with Crippen molar-refractivity contribution in [3.8, 4) is 11.5 Å². The summed E-state index contributed by atoms with van der Waals surface area (Å²) in [6, 6.07) is 13.4. The SMILES string of the molecule is CC(c1ccc(CC(=O)Nc2cc(F)c(C3(c4noc(-c5ccc(C(F)(F)F)cc5)n4)CC3)c(Cl)c2)cc1)S(=O)[O-]. The van der Waals surface area contributed by atoms with Crippen LogP contribution in [0.2, 0.25) is 5.02 Å². The normalized spacial score (nSPS) is 15.8. The molecule has 2 atom stereocenters. The van der Waals surface area contributed by atoms with Crippen LogP contribution in [0.25, 0.3) is 11.5 Å². The molecular formula is C28H21ClF4N3O4S-. The van der Waals surface area contributed by atoms with Crippen molar-refractivity contribution in [2.24, 2.45) is 0 Å². The minimum absolute atomic E-state index is 0.0100. The zero-order chi connectivity index (χ0) is 29.5. The molecule has 0 aliphatic heterocycles. The summed E-state index contributed by atoms with van der Waals surface area (Å²) < 4.78 is 81.6. The van der Waals surface area contributed by atoms with E-state index in [4.69, 9.17) is 16.1 Å². The molecule has 4 aromatic rings. The van der Waals surface area contributed by atoms with Crippen LogP contribution in [0.3, 0.4) is 0 Å². The van der Waals surface area contributed by atoms with Crippen molar-refractivity contribution in [1.29, 1.82) is 0 Å². The van der Waals surface area contributed by atoms with E-state index in [9.17, 15) is 26.7 Å². The Labute approximate surface area is 239 Å². The molecule has 0 saturated heterocycles. The highest BCUT2D eigenvalue weighted by Crippen LogP contribution is 2.55. The van der Waals surface area contributed by atoms with Crippen LogP contribution in [0.5, 0.6) is 0 Å². The van der Waals surface area contributed by atoms with E-state index in [0.717, 1.165) is 18.2 Å². The molecule has 1 amide bonds. The maximum atomic E-state index is 15.4. The zero-order valence-electron chi connectivity index (χ0n) is 21.3. The van der Waals surface area contributed by atoms with E-state index in [2.05, 4.69) is 15.5 Å². The van der Waals surface area contributed by atoms with Gasteiger partial charge >= 0.3 is 6.18 Å². The summed E-state index contributed by atoms with van der Waals surface area (Å²) >= 11 is 4.21. The second kappa shape index (κ2) is 11.0. The van der Waals surface area contributed by atoms with Crippen LogP contribution < -0.4 is 5.32 Å². The van der Waals surface area contributed by atoms with Gasteiger partial charge in [0.25, 0.3) is 5.89 Å². The van der Waals surface area contributed by atoms with Gasteiger partial charge in [-0.15, -0.1) is 0 Å². The molecule has 2 unspecified atom stereocenters. The number of alkyl halides is 3. The highest BCUT2D eigenvalue weighted by atomic mass is 35.5. The maximum absolute atomic E-state index is 15.4. The van der Waals surface area contributed by atoms with Gasteiger partial charge in [-0.2, -0.15) is 18.2 Å². The zero-order valence-corrected chi connectivity index (χ0v) is 22.9. The topological polar surface area (TPSA) is 108 Å². The lowest BCUT2D eigenvalue weighted by molar-refractivity contribution is -0.137. The molecule has 1 aromatic heterocycles. The molecule has 41 heavy (non-hydrogen) atoms. The monoisotopic (exact) mass is 606 g/mol. The fourth-order valence-electron chi connectivity index (χ4n) is 4.56. The van der Waals surface area contributed by atoms with Gasteiger partial charge < -0.3 is 14.4 Å². The number of rotatable bonds is 8. The molecule has 0 bridgehead atoms. The van der Waals surface area contributed by atoms with Crippen LogP contribution in [-0.4, -0.2) is 24.8 Å². The van der Waals surface area contributed by atoms with Crippen molar-refractivity contribution < 1.29 is 35.6 Å². The van der Waals surface area contributed by atoms with Crippen molar-refractivity contribution in [1.82, 2.24) is 10.1 Å². The summed E-state index contributed by atoms with van der Waals surface area (Å²) in [4.78, 5) is 16.9. The molecule has 1 N–H and O–H groups in total. The fraction of sp³-hybridized carbons (Fsp3) is 0.250. The molecule has 1 heterocycles. The molecule has 0 spiro atoms. The average molecular weight is 607 g/mol. The fourth-order valence-corrected chi connectivity index (χ4v) is 5.33. The van der Waals surface area contributed by atoms with E-state index < -0.39 is 45.2 Å². The molecule has 1 fully saturated rings. The molecule has 5 rings (SSSR count). The van der Waals surface area contributed by atoms with Gasteiger partial charge in [0.05, 0.1) is 17.4 Å². The van der Waals surface area contributed by atoms with Crippen molar-refractivity contribution in [3.05, 3.63) is 99.6 Å². The highest BCUT2D eigenvalue weighted by molar-refractivity contribution is 7.79. The van der Waals surface area contributed by atoms with E-state index in [0.29, 0.717) is 24.0 Å². The average Bonchev–Trinajstić information content (AvgIpc) is 3.53. The Balaban J connectivity index is 1.30. The van der Waals surface area contributed by atoms with Gasteiger partial charge in [0.15, 0.2) is 5.82 Å². The van der Waals surface area contributed by atoms with Gasteiger partial charge in [0.1, 0.15) is 5.82 Å². The number of nitrogens with zero attached hydrogens (tertiary/aromatic N) is 2. The second-order valence-electron chi connectivity index (χ2n) is 9.76. The van der Waals surface area contributed by atoms with E-state index in [1.807, 2.05) is 0 Å². The number of hydrogen-bond acceptors (Lipinski definition) is 6. The number of halogens is 5. The standard InChI is InChI=1S/C28H22ClF4N3O4S/c1-15(41(38)39)17-4-2-16(3-5-17)12-23(37)34-20-13-21(29)24(22(30)14-20)27(10-11-27)26-35-25(40-36-26)18-6-8-19(9-7-18)28(31,32)33/h2-9,13-15H,10-12H2,1H3,(H,34,37)(H,38,39)/p-1. The van der Waals surface area contributed by atoms with Crippen LogP contribution in [0.15, 0.2) is 65.2 Å². The third-order valence-corrected chi connectivity index (χ3v) is 8.12. The van der Waals surface area contributed by atoms with Crippen molar-refractivity contribution in [3.63, 3.8) is 0 Å². The van der Waals surface area contributed by atoms with Gasteiger partial charge in [-0.3, -0.25) is 9.00 Å². The summed E-state index contributed by atoms with van der Waals surface area (Å²) in [6.07, 6.45) is -3.58. The number of aromatic nitrogens is 2. The Hall–Kier alpha value is -3.61. The van der Waals surface area contributed by atoms with Gasteiger partial charge in [0.2, 0.25) is 5.91 Å². The molecule has 214 valence electrons. The Morgan fingerprint density at radius 3 is 2.37 bits per heavy atom. The summed E-state index contributed by atoms with van der Waals surface area (Å²) in [5, 5.41) is 5.94. The lowest BCUT2D eigenvalue weighted by atomic mass is 9.94. The maximum Gasteiger partial charge on any atom is 0.416 e. The molecule has 0 radical (unpaired) electrons. The molecular weight excluding hydrogens is 586 g/mol. The summed E-state index contributed by atoms with van der Waals surface area (Å²) in [5.74, 6) is -0.968. The minimum Gasteiger partial charge on any atom is -0.772 e. The molecule has 1 aliphatic carbocycles. The summed E-state index contributed by atoms with van der Waals surface area (Å²) in [6.45, 7) is 1.55. The van der Waals surface area contributed by atoms with Crippen molar-refractivity contribution >= 4 is 34.3 Å². The largest absolute Gasteiger partial charge is 0.772 e. The molecule has 7 nitrogen and oxygen atoms in total. The lowest BCUT2D eigenvalue weighted by Crippen LogP contribution is -2.17. The Kier molecular flexibility index (Phi) is 7.75. The Bertz CT molecular complexity index is 1600. The molecule has 13 heteroatoms. The number of carbonyl (C=O) groups excluding carboxylic acids is 1. The molecule has 1 saturated carbocycles. The first-order chi connectivity index (χ1) is 19.4. The van der Waals surface area contributed by atoms with E-state index in [1.165, 1.54) is 18.2 Å². The predicted molar refractivity (Wildman–Crippen MR) is 142 cm³/mol. The van der Waals surface area contributed by atoms with Crippen LogP contribution in [0.1, 0.15) is 53.1 Å². The van der Waals surface area contributed by atoms with Gasteiger partial charge in [-0.25, -0.2) is 4.39 Å². The first-order valence-corrected chi connectivity index (χ1v) is 13.9. The number of anilines is 1. The van der Waals surface area contributed by atoms with Crippen LogP contribution in [-0.2, 0) is 33.9 Å². The van der Waals surface area contributed by atoms with E-state index >= 15 is 4.39 Å². The quantitative estimate of drug-likeness (QED) is 0.176. The first kappa shape index (κ1) is 28.9. The Morgan fingerprint density at radius 2 is 1.80 bits per heavy atom. The number of hydrogen-bond donors (Lipinski definition) is 1. The van der Waals surface area contributed by atoms with Crippen LogP contribution >= 0.6 is 11.6 Å². The third-order valence-electron chi connectivity index (χ3n) is 6.97. The highest BCUT2D eigenvalue weighted by Gasteiger charge is 2.53. The van der Waals surface area contributed by atoms with Crippen molar-refractivity contribution in [2.45, 2.75) is 43.0 Å². The smallest absolute Gasteiger partial charge is 0.416 e. The summed E-state index contributed by atoms with van der Waals surface area (Å²) in [5.41, 5.74) is -0.000874. The molecule has 3 aromatic carbocycles. The Morgan fingerprint density at radius 1 is 1.15 bits per heavy atom. The molecule has 1 aliphatic rings. The van der Waals surface area contributed by atoms with Crippen molar-refractivity contribution in [2.75, 3.05) is 5.32 Å². The third kappa shape index (κ3) is 6.04. The predicted octanol–water partition coefficient (Wildman–Crippen LogP) is 6.75. The number of carbonyl (C=O) groups is 1. The van der Waals surface area contributed by atoms with Crippen LogP contribution in [0, 0.1) is 5.82 Å².